The van der Waals surface area contributed by atoms with Crippen LogP contribution in [0, 0.1) is 25.7 Å². The second kappa shape index (κ2) is 7.21. The van der Waals surface area contributed by atoms with E-state index in [9.17, 15) is 4.79 Å². The molecule has 4 rings (SSSR count). The van der Waals surface area contributed by atoms with Crippen LogP contribution in [0.5, 0.6) is 0 Å². The third-order valence-corrected chi connectivity index (χ3v) is 7.72. The highest BCUT2D eigenvalue weighted by molar-refractivity contribution is 8.00. The molecule has 2 saturated heterocycles. The summed E-state index contributed by atoms with van der Waals surface area (Å²) in [6.45, 7) is 8.28. The van der Waals surface area contributed by atoms with Gasteiger partial charge >= 0.3 is 0 Å². The summed E-state index contributed by atoms with van der Waals surface area (Å²) in [4.78, 5) is 25.9. The van der Waals surface area contributed by atoms with Crippen molar-refractivity contribution in [1.82, 2.24) is 20.2 Å². The molecule has 0 unspecified atom stereocenters. The van der Waals surface area contributed by atoms with Crippen LogP contribution < -0.4 is 5.32 Å². The number of nitrogens with one attached hydrogen (secondary N) is 1. The van der Waals surface area contributed by atoms with Crippen molar-refractivity contribution < 1.29 is 4.79 Å². The molecular weight excluding hydrogens is 352 g/mol. The second-order valence-electron chi connectivity index (χ2n) is 7.07. The van der Waals surface area contributed by atoms with E-state index in [0.717, 1.165) is 66.1 Å². The van der Waals surface area contributed by atoms with Crippen LogP contribution in [-0.2, 0) is 4.79 Å². The Morgan fingerprint density at radius 2 is 2.00 bits per heavy atom. The Balaban J connectivity index is 1.42. The van der Waals surface area contributed by atoms with Crippen LogP contribution in [0.2, 0.25) is 0 Å². The van der Waals surface area contributed by atoms with Gasteiger partial charge in [-0.25, -0.2) is 9.97 Å². The summed E-state index contributed by atoms with van der Waals surface area (Å²) in [6.07, 6.45) is 3.88. The number of thioether (sulfide) groups is 1. The van der Waals surface area contributed by atoms with Gasteiger partial charge in [-0.15, -0.1) is 11.3 Å². The van der Waals surface area contributed by atoms with Crippen molar-refractivity contribution in [3.63, 3.8) is 0 Å². The van der Waals surface area contributed by atoms with Crippen LogP contribution in [0.25, 0.3) is 10.2 Å². The number of nitrogens with zero attached hydrogens (tertiary/aromatic N) is 3. The van der Waals surface area contributed by atoms with Gasteiger partial charge in [0, 0.05) is 23.4 Å². The molecule has 0 radical (unpaired) electrons. The molecule has 2 aromatic heterocycles. The van der Waals surface area contributed by atoms with Crippen LogP contribution in [0.1, 0.15) is 23.3 Å². The van der Waals surface area contributed by atoms with Crippen LogP contribution in [0.4, 0.5) is 0 Å². The van der Waals surface area contributed by atoms with E-state index >= 15 is 0 Å². The molecule has 4 heterocycles. The summed E-state index contributed by atoms with van der Waals surface area (Å²) in [5, 5.41) is 5.55. The van der Waals surface area contributed by atoms with E-state index in [0.29, 0.717) is 5.75 Å². The third-order valence-electron chi connectivity index (χ3n) is 5.63. The first-order chi connectivity index (χ1) is 12.1. The molecule has 2 fully saturated rings. The van der Waals surface area contributed by atoms with Crippen LogP contribution in [-0.4, -0.2) is 52.7 Å². The number of carbonyl (C=O) groups excluding carboxylic acids is 1. The lowest BCUT2D eigenvalue weighted by Gasteiger charge is -2.20. The maximum atomic E-state index is 12.7. The molecule has 1 N–H and O–H groups in total. The molecule has 0 aliphatic carbocycles. The minimum atomic E-state index is 0.245. The quantitative estimate of drug-likeness (QED) is 0.659. The number of amides is 1. The van der Waals surface area contributed by atoms with Crippen molar-refractivity contribution in [2.45, 2.75) is 31.7 Å². The van der Waals surface area contributed by atoms with Gasteiger partial charge in [-0.2, -0.15) is 0 Å². The highest BCUT2D eigenvalue weighted by atomic mass is 32.2. The summed E-state index contributed by atoms with van der Waals surface area (Å²) in [6, 6.07) is 0. The fourth-order valence-corrected chi connectivity index (χ4v) is 5.97. The van der Waals surface area contributed by atoms with Crippen LogP contribution in [0.3, 0.4) is 0 Å². The summed E-state index contributed by atoms with van der Waals surface area (Å²) in [5.74, 6) is 2.22. The van der Waals surface area contributed by atoms with E-state index in [1.54, 1.807) is 29.4 Å². The fourth-order valence-electron chi connectivity index (χ4n) is 3.95. The normalized spacial score (nSPS) is 23.7. The molecule has 2 aromatic rings. The zero-order valence-corrected chi connectivity index (χ0v) is 16.4. The number of hydrogen-bond donors (Lipinski definition) is 1. The Labute approximate surface area is 156 Å². The van der Waals surface area contributed by atoms with Crippen molar-refractivity contribution in [1.29, 1.82) is 0 Å². The maximum Gasteiger partial charge on any atom is 0.232 e. The predicted molar refractivity (Wildman–Crippen MR) is 103 cm³/mol. The Morgan fingerprint density at radius 3 is 2.72 bits per heavy atom. The first kappa shape index (κ1) is 17.2. The lowest BCUT2D eigenvalue weighted by atomic mass is 9.92. The van der Waals surface area contributed by atoms with Crippen molar-refractivity contribution in [2.75, 3.05) is 31.9 Å². The number of aryl methyl sites for hydroxylation is 2. The number of rotatable bonds is 3. The molecule has 2 aliphatic heterocycles. The minimum Gasteiger partial charge on any atom is -0.342 e. The van der Waals surface area contributed by atoms with Gasteiger partial charge in [0.2, 0.25) is 5.91 Å². The van der Waals surface area contributed by atoms with Crippen molar-refractivity contribution >= 4 is 39.2 Å². The van der Waals surface area contributed by atoms with Crippen LogP contribution >= 0.6 is 23.1 Å². The molecule has 2 aliphatic rings. The Morgan fingerprint density at radius 1 is 1.28 bits per heavy atom. The molecule has 7 heteroatoms. The lowest BCUT2D eigenvalue weighted by Crippen LogP contribution is -2.34. The number of fused-ring (bicyclic) bond motifs is 2. The molecule has 0 saturated carbocycles. The molecule has 134 valence electrons. The van der Waals surface area contributed by atoms with Gasteiger partial charge in [0.25, 0.3) is 0 Å². The first-order valence-electron chi connectivity index (χ1n) is 8.95. The summed E-state index contributed by atoms with van der Waals surface area (Å²) >= 11 is 3.26. The standard InChI is InChI=1S/C18H24N4OS2/c1-11-12(2)25-18-16(11)17(20-10-21-18)24-9-15(23)22-5-3-13-7-19-8-14(13)4-6-22/h10,13-14,19H,3-9H2,1-2H3/t13-,14+. The fraction of sp³-hybridized carbons (Fsp3) is 0.611. The van der Waals surface area contributed by atoms with Gasteiger partial charge in [0.05, 0.1) is 5.75 Å². The maximum absolute atomic E-state index is 12.7. The predicted octanol–water partition coefficient (Wildman–Crippen LogP) is 2.86. The average molecular weight is 377 g/mol. The number of likely N-dealkylation sites (tertiary alicyclic amines) is 1. The average Bonchev–Trinajstić information content (AvgIpc) is 3.11. The largest absolute Gasteiger partial charge is 0.342 e. The van der Waals surface area contributed by atoms with E-state index in [-0.39, 0.29) is 5.91 Å². The van der Waals surface area contributed by atoms with E-state index in [2.05, 4.69) is 34.0 Å². The topological polar surface area (TPSA) is 58.1 Å². The summed E-state index contributed by atoms with van der Waals surface area (Å²) in [5.41, 5.74) is 1.24. The smallest absolute Gasteiger partial charge is 0.232 e. The Kier molecular flexibility index (Phi) is 4.97. The van der Waals surface area contributed by atoms with Gasteiger partial charge in [0.1, 0.15) is 16.2 Å². The Hall–Kier alpha value is -1.18. The zero-order chi connectivity index (χ0) is 17.4. The van der Waals surface area contributed by atoms with E-state index in [4.69, 9.17) is 0 Å². The van der Waals surface area contributed by atoms with Gasteiger partial charge < -0.3 is 10.2 Å². The zero-order valence-electron chi connectivity index (χ0n) is 14.7. The molecule has 0 spiro atoms. The SMILES string of the molecule is Cc1sc2ncnc(SCC(=O)N3CC[C@@H]4CNC[C@@H]4CC3)c2c1C. The second-order valence-corrected chi connectivity index (χ2v) is 9.23. The molecule has 2 atom stereocenters. The molecule has 5 nitrogen and oxygen atoms in total. The molecule has 25 heavy (non-hydrogen) atoms. The highest BCUT2D eigenvalue weighted by Crippen LogP contribution is 2.34. The minimum absolute atomic E-state index is 0.245. The van der Waals surface area contributed by atoms with E-state index in [1.165, 1.54) is 10.4 Å². The van der Waals surface area contributed by atoms with E-state index in [1.807, 2.05) is 0 Å². The van der Waals surface area contributed by atoms with Gasteiger partial charge in [-0.1, -0.05) is 11.8 Å². The van der Waals surface area contributed by atoms with Crippen molar-refractivity contribution in [2.24, 2.45) is 11.8 Å². The summed E-state index contributed by atoms with van der Waals surface area (Å²) in [7, 11) is 0. The molecule has 0 aromatic carbocycles. The molecule has 1 amide bonds. The molecular formula is C18H24N4OS2. The van der Waals surface area contributed by atoms with E-state index < -0.39 is 0 Å². The Bertz CT molecular complexity index is 777. The third kappa shape index (κ3) is 3.41. The number of aromatic nitrogens is 2. The number of carbonyl (C=O) groups is 1. The van der Waals surface area contributed by atoms with Crippen molar-refractivity contribution in [3.05, 3.63) is 16.8 Å². The monoisotopic (exact) mass is 376 g/mol. The highest BCUT2D eigenvalue weighted by Gasteiger charge is 2.31. The number of thiophene rings is 1. The first-order valence-corrected chi connectivity index (χ1v) is 10.8. The van der Waals surface area contributed by atoms with Crippen molar-refractivity contribution in [3.8, 4) is 0 Å². The molecule has 0 bridgehead atoms. The summed E-state index contributed by atoms with van der Waals surface area (Å²) < 4.78 is 0. The lowest BCUT2D eigenvalue weighted by molar-refractivity contribution is -0.128. The van der Waals surface area contributed by atoms with Gasteiger partial charge in [0.15, 0.2) is 0 Å². The van der Waals surface area contributed by atoms with Gasteiger partial charge in [-0.3, -0.25) is 4.79 Å². The van der Waals surface area contributed by atoms with Crippen LogP contribution in [0.15, 0.2) is 11.4 Å². The van der Waals surface area contributed by atoms with Gasteiger partial charge in [-0.05, 0) is 57.2 Å². The number of hydrogen-bond acceptors (Lipinski definition) is 6.